The van der Waals surface area contributed by atoms with E-state index in [9.17, 15) is 27.9 Å². The SMILES string of the molecule is COC(=O)C(O)C(NC(=O)c1ccccc1)C(F)(F)F. The molecule has 1 aromatic carbocycles. The Morgan fingerprint density at radius 3 is 2.25 bits per heavy atom. The van der Waals surface area contributed by atoms with Crippen molar-refractivity contribution in [2.45, 2.75) is 18.3 Å². The summed E-state index contributed by atoms with van der Waals surface area (Å²) in [4.78, 5) is 22.6. The average molecular weight is 291 g/mol. The van der Waals surface area contributed by atoms with E-state index in [0.717, 1.165) is 7.11 Å². The molecule has 1 aromatic rings. The van der Waals surface area contributed by atoms with Crippen molar-refractivity contribution in [3.05, 3.63) is 35.9 Å². The molecule has 0 aliphatic rings. The topological polar surface area (TPSA) is 75.6 Å². The van der Waals surface area contributed by atoms with Crippen LogP contribution in [0.5, 0.6) is 0 Å². The van der Waals surface area contributed by atoms with Crippen LogP contribution >= 0.6 is 0 Å². The van der Waals surface area contributed by atoms with Crippen LogP contribution in [-0.4, -0.2) is 42.4 Å². The first-order chi connectivity index (χ1) is 9.27. The Kier molecular flexibility index (Phi) is 5.09. The summed E-state index contributed by atoms with van der Waals surface area (Å²) in [6.45, 7) is 0. The van der Waals surface area contributed by atoms with E-state index in [1.54, 1.807) is 11.4 Å². The minimum atomic E-state index is -5.00. The Morgan fingerprint density at radius 2 is 1.80 bits per heavy atom. The number of rotatable bonds is 4. The maximum atomic E-state index is 12.8. The van der Waals surface area contributed by atoms with Gasteiger partial charge in [-0.3, -0.25) is 4.79 Å². The van der Waals surface area contributed by atoms with E-state index in [1.807, 2.05) is 0 Å². The zero-order valence-electron chi connectivity index (χ0n) is 10.3. The van der Waals surface area contributed by atoms with Crippen LogP contribution in [0.25, 0.3) is 0 Å². The molecule has 0 fully saturated rings. The molecule has 0 bridgehead atoms. The third-order valence-corrected chi connectivity index (χ3v) is 2.43. The molecule has 1 amide bonds. The highest BCUT2D eigenvalue weighted by atomic mass is 19.4. The molecule has 0 saturated carbocycles. The van der Waals surface area contributed by atoms with E-state index in [-0.39, 0.29) is 5.56 Å². The maximum Gasteiger partial charge on any atom is 0.411 e. The van der Waals surface area contributed by atoms with Gasteiger partial charge in [0.25, 0.3) is 5.91 Å². The lowest BCUT2D eigenvalue weighted by Gasteiger charge is -2.24. The lowest BCUT2D eigenvalue weighted by atomic mass is 10.1. The number of esters is 1. The summed E-state index contributed by atoms with van der Waals surface area (Å²) in [6.07, 6.45) is -7.54. The number of benzene rings is 1. The smallest absolute Gasteiger partial charge is 0.411 e. The number of carbonyl (C=O) groups is 2. The quantitative estimate of drug-likeness (QED) is 0.808. The Labute approximate surface area is 112 Å². The summed E-state index contributed by atoms with van der Waals surface area (Å²) in [5.74, 6) is -2.54. The first-order valence-corrected chi connectivity index (χ1v) is 5.46. The summed E-state index contributed by atoms with van der Waals surface area (Å²) in [6, 6.07) is 4.37. The second kappa shape index (κ2) is 6.38. The predicted molar refractivity (Wildman–Crippen MR) is 61.8 cm³/mol. The van der Waals surface area contributed by atoms with Crippen LogP contribution in [0.15, 0.2) is 30.3 Å². The first kappa shape index (κ1) is 16.0. The average Bonchev–Trinajstić information content (AvgIpc) is 2.42. The molecule has 2 atom stereocenters. The van der Waals surface area contributed by atoms with Gasteiger partial charge in [-0.05, 0) is 12.1 Å². The maximum absolute atomic E-state index is 12.8. The zero-order valence-corrected chi connectivity index (χ0v) is 10.3. The van der Waals surface area contributed by atoms with Crippen molar-refractivity contribution in [3.8, 4) is 0 Å². The second-order valence-electron chi connectivity index (χ2n) is 3.83. The fourth-order valence-corrected chi connectivity index (χ4v) is 1.41. The van der Waals surface area contributed by atoms with E-state index >= 15 is 0 Å². The molecule has 20 heavy (non-hydrogen) atoms. The monoisotopic (exact) mass is 291 g/mol. The van der Waals surface area contributed by atoms with Crippen molar-refractivity contribution in [3.63, 3.8) is 0 Å². The highest BCUT2D eigenvalue weighted by Gasteiger charge is 2.48. The molecule has 1 rings (SSSR count). The van der Waals surface area contributed by atoms with Crippen molar-refractivity contribution >= 4 is 11.9 Å². The summed E-state index contributed by atoms with van der Waals surface area (Å²) < 4.78 is 42.3. The van der Waals surface area contributed by atoms with Gasteiger partial charge in [-0.25, -0.2) is 4.79 Å². The van der Waals surface area contributed by atoms with Gasteiger partial charge in [0.15, 0.2) is 12.1 Å². The number of amides is 1. The molecule has 5 nitrogen and oxygen atoms in total. The largest absolute Gasteiger partial charge is 0.467 e. The molecule has 0 spiro atoms. The molecule has 110 valence electrons. The number of halogens is 3. The minimum Gasteiger partial charge on any atom is -0.467 e. The van der Waals surface area contributed by atoms with E-state index in [2.05, 4.69) is 4.74 Å². The Balaban J connectivity index is 2.92. The van der Waals surface area contributed by atoms with Gasteiger partial charge in [-0.15, -0.1) is 0 Å². The number of nitrogens with one attached hydrogen (secondary N) is 1. The molecule has 0 aromatic heterocycles. The van der Waals surface area contributed by atoms with E-state index in [4.69, 9.17) is 0 Å². The van der Waals surface area contributed by atoms with Gasteiger partial charge in [0.05, 0.1) is 7.11 Å². The molecule has 2 unspecified atom stereocenters. The van der Waals surface area contributed by atoms with Gasteiger partial charge in [0.2, 0.25) is 0 Å². The molecule has 0 saturated heterocycles. The van der Waals surface area contributed by atoms with E-state index in [1.165, 1.54) is 24.3 Å². The predicted octanol–water partition coefficient (Wildman–Crippen LogP) is 0.881. The first-order valence-electron chi connectivity index (χ1n) is 5.46. The van der Waals surface area contributed by atoms with Gasteiger partial charge in [-0.1, -0.05) is 18.2 Å². The van der Waals surface area contributed by atoms with Gasteiger partial charge in [0, 0.05) is 5.56 Å². The molecule has 0 aliphatic heterocycles. The molecule has 0 aliphatic carbocycles. The van der Waals surface area contributed by atoms with E-state index < -0.39 is 30.2 Å². The summed E-state index contributed by atoms with van der Waals surface area (Å²) in [5, 5.41) is 10.9. The standard InChI is InChI=1S/C12H12F3NO4/c1-20-11(19)8(17)9(12(13,14)15)16-10(18)7-5-3-2-4-6-7/h2-6,8-9,17H,1H3,(H,16,18). The van der Waals surface area contributed by atoms with Crippen LogP contribution in [0.1, 0.15) is 10.4 Å². The number of hydrogen-bond acceptors (Lipinski definition) is 4. The summed E-state index contributed by atoms with van der Waals surface area (Å²) >= 11 is 0. The number of ether oxygens (including phenoxy) is 1. The molecule has 0 heterocycles. The summed E-state index contributed by atoms with van der Waals surface area (Å²) in [5.41, 5.74) is -0.0289. The normalized spacial score (nSPS) is 14.2. The van der Waals surface area contributed by atoms with Gasteiger partial charge >= 0.3 is 12.1 Å². The zero-order chi connectivity index (χ0) is 15.3. The van der Waals surface area contributed by atoms with Gasteiger partial charge in [-0.2, -0.15) is 13.2 Å². The van der Waals surface area contributed by atoms with Crippen molar-refractivity contribution in [2.24, 2.45) is 0 Å². The number of hydrogen-bond donors (Lipinski definition) is 2. The van der Waals surface area contributed by atoms with Gasteiger partial charge < -0.3 is 15.2 Å². The second-order valence-corrected chi connectivity index (χ2v) is 3.83. The van der Waals surface area contributed by atoms with Gasteiger partial charge in [0.1, 0.15) is 0 Å². The van der Waals surface area contributed by atoms with Crippen LogP contribution in [0.2, 0.25) is 0 Å². The molecule has 2 N–H and O–H groups in total. The fraction of sp³-hybridized carbons (Fsp3) is 0.333. The third-order valence-electron chi connectivity index (χ3n) is 2.43. The minimum absolute atomic E-state index is 0.0289. The van der Waals surface area contributed by atoms with Crippen molar-refractivity contribution in [1.82, 2.24) is 5.32 Å². The molecular formula is C12H12F3NO4. The third kappa shape index (κ3) is 3.95. The molecule has 0 radical (unpaired) electrons. The number of alkyl halides is 3. The van der Waals surface area contributed by atoms with Crippen molar-refractivity contribution in [1.29, 1.82) is 0 Å². The highest BCUT2D eigenvalue weighted by Crippen LogP contribution is 2.23. The molecular weight excluding hydrogens is 279 g/mol. The van der Waals surface area contributed by atoms with Crippen LogP contribution in [-0.2, 0) is 9.53 Å². The summed E-state index contributed by atoms with van der Waals surface area (Å²) in [7, 11) is 0.831. The lowest BCUT2D eigenvalue weighted by Crippen LogP contribution is -2.55. The number of aliphatic hydroxyl groups is 1. The Morgan fingerprint density at radius 1 is 1.25 bits per heavy atom. The Hall–Kier alpha value is -2.09. The lowest BCUT2D eigenvalue weighted by molar-refractivity contribution is -0.188. The Bertz CT molecular complexity index is 475. The van der Waals surface area contributed by atoms with Crippen molar-refractivity contribution in [2.75, 3.05) is 7.11 Å². The molecule has 8 heteroatoms. The number of methoxy groups -OCH3 is 1. The number of aliphatic hydroxyl groups excluding tert-OH is 1. The van der Waals surface area contributed by atoms with Crippen LogP contribution in [0.3, 0.4) is 0 Å². The number of carbonyl (C=O) groups excluding carboxylic acids is 2. The van der Waals surface area contributed by atoms with E-state index in [0.29, 0.717) is 0 Å². The highest BCUT2D eigenvalue weighted by molar-refractivity contribution is 5.94. The van der Waals surface area contributed by atoms with Crippen LogP contribution in [0.4, 0.5) is 13.2 Å². The van der Waals surface area contributed by atoms with Crippen LogP contribution in [0, 0.1) is 0 Å². The van der Waals surface area contributed by atoms with Crippen LogP contribution < -0.4 is 5.32 Å². The van der Waals surface area contributed by atoms with Crippen molar-refractivity contribution < 1.29 is 32.6 Å². The fourth-order valence-electron chi connectivity index (χ4n) is 1.41.